The summed E-state index contributed by atoms with van der Waals surface area (Å²) in [5, 5.41) is 0. The Morgan fingerprint density at radius 2 is 1.54 bits per heavy atom. The highest BCUT2D eigenvalue weighted by Gasteiger charge is 2.24. The van der Waals surface area contributed by atoms with E-state index < -0.39 is 0 Å². The lowest BCUT2D eigenvalue weighted by Crippen LogP contribution is -2.36. The number of carbonyl (C=O) groups is 2. The van der Waals surface area contributed by atoms with Gasteiger partial charge in [0.25, 0.3) is 0 Å². The van der Waals surface area contributed by atoms with Gasteiger partial charge < -0.3 is 9.80 Å². The van der Waals surface area contributed by atoms with Gasteiger partial charge in [0.05, 0.1) is 0 Å². The predicted molar refractivity (Wildman–Crippen MR) is 94.8 cm³/mol. The van der Waals surface area contributed by atoms with Gasteiger partial charge in [-0.05, 0) is 24.1 Å². The molecule has 0 atom stereocenters. The molecule has 4 heteroatoms. The zero-order valence-electron chi connectivity index (χ0n) is 13.7. The van der Waals surface area contributed by atoms with Crippen LogP contribution in [0.4, 0.5) is 5.69 Å². The summed E-state index contributed by atoms with van der Waals surface area (Å²) in [6.45, 7) is 1.66. The summed E-state index contributed by atoms with van der Waals surface area (Å²) >= 11 is 0. The van der Waals surface area contributed by atoms with Crippen LogP contribution in [0.1, 0.15) is 18.4 Å². The Morgan fingerprint density at radius 1 is 0.875 bits per heavy atom. The third-order valence-corrected chi connectivity index (χ3v) is 4.38. The lowest BCUT2D eigenvalue weighted by atomic mass is 10.1. The molecule has 0 spiro atoms. The van der Waals surface area contributed by atoms with Crippen molar-refractivity contribution in [2.24, 2.45) is 0 Å². The molecule has 2 aromatic carbocycles. The van der Waals surface area contributed by atoms with Crippen molar-refractivity contribution >= 4 is 17.5 Å². The van der Waals surface area contributed by atoms with Crippen LogP contribution in [0, 0.1) is 0 Å². The van der Waals surface area contributed by atoms with Gasteiger partial charge >= 0.3 is 0 Å². The third-order valence-electron chi connectivity index (χ3n) is 4.38. The zero-order valence-corrected chi connectivity index (χ0v) is 13.7. The maximum Gasteiger partial charge on any atom is 0.228 e. The van der Waals surface area contributed by atoms with Crippen LogP contribution in [0.2, 0.25) is 0 Å². The number of para-hydroxylation sites is 1. The SMILES string of the molecule is O=C(CCc1ccccc1)N1CCC(=O)N(c2ccccc2)CC1. The molecule has 1 heterocycles. The average molecular weight is 322 g/mol. The van der Waals surface area contributed by atoms with E-state index in [1.165, 1.54) is 5.56 Å². The molecule has 0 saturated carbocycles. The van der Waals surface area contributed by atoms with E-state index in [4.69, 9.17) is 0 Å². The first-order chi connectivity index (χ1) is 11.7. The number of hydrogen-bond donors (Lipinski definition) is 0. The molecule has 0 unspecified atom stereocenters. The highest BCUT2D eigenvalue weighted by Crippen LogP contribution is 2.17. The Hall–Kier alpha value is -2.62. The van der Waals surface area contributed by atoms with E-state index in [1.54, 1.807) is 4.90 Å². The van der Waals surface area contributed by atoms with Gasteiger partial charge in [0.2, 0.25) is 11.8 Å². The summed E-state index contributed by atoms with van der Waals surface area (Å²) in [5.41, 5.74) is 2.07. The number of amides is 2. The predicted octanol–water partition coefficient (Wildman–Crippen LogP) is 2.88. The molecule has 2 amide bonds. The fourth-order valence-corrected chi connectivity index (χ4v) is 3.01. The van der Waals surface area contributed by atoms with Crippen molar-refractivity contribution in [2.75, 3.05) is 24.5 Å². The van der Waals surface area contributed by atoms with Crippen molar-refractivity contribution in [3.8, 4) is 0 Å². The van der Waals surface area contributed by atoms with Crippen molar-refractivity contribution in [3.05, 3.63) is 66.2 Å². The van der Waals surface area contributed by atoms with Crippen molar-refractivity contribution < 1.29 is 9.59 Å². The van der Waals surface area contributed by atoms with E-state index >= 15 is 0 Å². The summed E-state index contributed by atoms with van der Waals surface area (Å²) in [7, 11) is 0. The van der Waals surface area contributed by atoms with Gasteiger partial charge in [0.15, 0.2) is 0 Å². The van der Waals surface area contributed by atoms with Crippen LogP contribution in [0.25, 0.3) is 0 Å². The summed E-state index contributed by atoms with van der Waals surface area (Å²) in [6.07, 6.45) is 1.61. The van der Waals surface area contributed by atoms with Crippen LogP contribution < -0.4 is 4.90 Å². The molecule has 0 bridgehead atoms. The minimum absolute atomic E-state index is 0.0829. The standard InChI is InChI=1S/C20H22N2O2/c23-19(12-11-17-7-3-1-4-8-17)21-14-13-20(24)22(16-15-21)18-9-5-2-6-10-18/h1-10H,11-16H2. The van der Waals surface area contributed by atoms with Gasteiger partial charge in [-0.3, -0.25) is 9.59 Å². The fraction of sp³-hybridized carbons (Fsp3) is 0.300. The van der Waals surface area contributed by atoms with E-state index in [-0.39, 0.29) is 11.8 Å². The molecular formula is C20H22N2O2. The first-order valence-electron chi connectivity index (χ1n) is 8.41. The Labute approximate surface area is 142 Å². The van der Waals surface area contributed by atoms with E-state index in [2.05, 4.69) is 0 Å². The van der Waals surface area contributed by atoms with Crippen LogP contribution >= 0.6 is 0 Å². The molecule has 124 valence electrons. The van der Waals surface area contributed by atoms with Crippen LogP contribution in [-0.2, 0) is 16.0 Å². The van der Waals surface area contributed by atoms with Crippen LogP contribution in [0.15, 0.2) is 60.7 Å². The normalized spacial score (nSPS) is 15.2. The van der Waals surface area contributed by atoms with Gasteiger partial charge in [0.1, 0.15) is 0 Å². The number of hydrogen-bond acceptors (Lipinski definition) is 2. The largest absolute Gasteiger partial charge is 0.340 e. The fourth-order valence-electron chi connectivity index (χ4n) is 3.01. The topological polar surface area (TPSA) is 40.6 Å². The second-order valence-corrected chi connectivity index (χ2v) is 6.00. The molecule has 1 saturated heterocycles. The van der Waals surface area contributed by atoms with E-state index in [1.807, 2.05) is 65.6 Å². The second kappa shape index (κ2) is 7.77. The van der Waals surface area contributed by atoms with Crippen molar-refractivity contribution in [1.29, 1.82) is 0 Å². The molecule has 2 aromatic rings. The minimum Gasteiger partial charge on any atom is -0.340 e. The van der Waals surface area contributed by atoms with Crippen LogP contribution in [0.5, 0.6) is 0 Å². The minimum atomic E-state index is 0.0829. The highest BCUT2D eigenvalue weighted by molar-refractivity contribution is 5.94. The molecule has 1 fully saturated rings. The average Bonchev–Trinajstić information content (AvgIpc) is 2.83. The van der Waals surface area contributed by atoms with Crippen molar-refractivity contribution in [3.63, 3.8) is 0 Å². The first kappa shape index (κ1) is 16.2. The lowest BCUT2D eigenvalue weighted by Gasteiger charge is -2.22. The monoisotopic (exact) mass is 322 g/mol. The number of nitrogens with zero attached hydrogens (tertiary/aromatic N) is 2. The van der Waals surface area contributed by atoms with Gasteiger partial charge in [-0.1, -0.05) is 48.5 Å². The maximum atomic E-state index is 12.5. The van der Waals surface area contributed by atoms with E-state index in [9.17, 15) is 9.59 Å². The number of carbonyl (C=O) groups excluding carboxylic acids is 2. The van der Waals surface area contributed by atoms with Gasteiger partial charge in [-0.15, -0.1) is 0 Å². The molecule has 4 nitrogen and oxygen atoms in total. The third kappa shape index (κ3) is 4.02. The number of benzene rings is 2. The molecule has 0 aromatic heterocycles. The van der Waals surface area contributed by atoms with Crippen LogP contribution in [-0.4, -0.2) is 36.3 Å². The molecule has 1 aliphatic rings. The summed E-state index contributed by atoms with van der Waals surface area (Å²) in [5.74, 6) is 0.209. The van der Waals surface area contributed by atoms with Gasteiger partial charge in [0, 0.05) is 38.2 Å². The molecular weight excluding hydrogens is 300 g/mol. The Bertz CT molecular complexity index is 685. The Morgan fingerprint density at radius 3 is 2.25 bits per heavy atom. The molecule has 24 heavy (non-hydrogen) atoms. The summed E-state index contributed by atoms with van der Waals surface area (Å²) in [6, 6.07) is 19.7. The summed E-state index contributed by atoms with van der Waals surface area (Å²) in [4.78, 5) is 28.4. The van der Waals surface area contributed by atoms with Gasteiger partial charge in [-0.25, -0.2) is 0 Å². The number of anilines is 1. The second-order valence-electron chi connectivity index (χ2n) is 6.00. The molecule has 0 aliphatic carbocycles. The Kier molecular flexibility index (Phi) is 5.26. The molecule has 0 N–H and O–H groups in total. The molecule has 0 radical (unpaired) electrons. The van der Waals surface area contributed by atoms with E-state index in [0.29, 0.717) is 32.5 Å². The van der Waals surface area contributed by atoms with Crippen molar-refractivity contribution in [1.82, 2.24) is 4.90 Å². The lowest BCUT2D eigenvalue weighted by molar-refractivity contribution is -0.131. The first-order valence-corrected chi connectivity index (χ1v) is 8.41. The molecule has 3 rings (SSSR count). The van der Waals surface area contributed by atoms with Crippen molar-refractivity contribution in [2.45, 2.75) is 19.3 Å². The number of aryl methyl sites for hydroxylation is 1. The summed E-state index contributed by atoms with van der Waals surface area (Å²) < 4.78 is 0. The zero-order chi connectivity index (χ0) is 16.8. The quantitative estimate of drug-likeness (QED) is 0.868. The van der Waals surface area contributed by atoms with Gasteiger partial charge in [-0.2, -0.15) is 0 Å². The van der Waals surface area contributed by atoms with E-state index in [0.717, 1.165) is 12.1 Å². The Balaban J connectivity index is 1.58. The maximum absolute atomic E-state index is 12.5. The number of rotatable bonds is 4. The molecule has 1 aliphatic heterocycles. The highest BCUT2D eigenvalue weighted by atomic mass is 16.2. The smallest absolute Gasteiger partial charge is 0.228 e. The van der Waals surface area contributed by atoms with Crippen LogP contribution in [0.3, 0.4) is 0 Å².